The maximum Gasteiger partial charge on any atom is 0.275 e. The summed E-state index contributed by atoms with van der Waals surface area (Å²) < 4.78 is 37.3. The molecule has 1 aliphatic heterocycles. The quantitative estimate of drug-likeness (QED) is 0.287. The Morgan fingerprint density at radius 2 is 2.11 bits per heavy atom. The summed E-state index contributed by atoms with van der Waals surface area (Å²) in [5.74, 6) is -4.12. The van der Waals surface area contributed by atoms with Crippen molar-refractivity contribution in [2.75, 3.05) is 40.5 Å². The highest BCUT2D eigenvalue weighted by Crippen LogP contribution is 2.25. The lowest BCUT2D eigenvalue weighted by atomic mass is 10.1. The predicted octanol–water partition coefficient (Wildman–Crippen LogP) is 1.10. The Kier molecular flexibility index (Phi) is 8.54. The second-order valence-corrected chi connectivity index (χ2v) is 8.14. The van der Waals surface area contributed by atoms with Crippen LogP contribution < -0.4 is 16.1 Å². The monoisotopic (exact) mass is 494 g/mol. The zero-order chi connectivity index (χ0) is 25.6. The topological polar surface area (TPSA) is 133 Å². The number of halogens is 2. The van der Waals surface area contributed by atoms with Crippen molar-refractivity contribution in [3.63, 3.8) is 0 Å². The van der Waals surface area contributed by atoms with Crippen LogP contribution in [0.15, 0.2) is 29.2 Å². The number of rotatable bonds is 10. The maximum atomic E-state index is 13.8. The number of nitrogens with zero attached hydrogens (tertiary/aromatic N) is 1. The molecule has 1 unspecified atom stereocenters. The highest BCUT2D eigenvalue weighted by Gasteiger charge is 2.42. The number of likely N-dealkylation sites (N-methyl/N-ethyl adjacent to an activating group) is 1. The van der Waals surface area contributed by atoms with Crippen LogP contribution >= 0.6 is 0 Å². The van der Waals surface area contributed by atoms with E-state index in [9.17, 15) is 28.3 Å². The van der Waals surface area contributed by atoms with Crippen molar-refractivity contribution in [3.8, 4) is 5.75 Å². The van der Waals surface area contributed by atoms with Gasteiger partial charge in [-0.25, -0.2) is 8.78 Å². The second-order valence-electron chi connectivity index (χ2n) is 8.14. The Morgan fingerprint density at radius 3 is 2.77 bits per heavy atom. The van der Waals surface area contributed by atoms with Crippen LogP contribution in [0.1, 0.15) is 39.3 Å². The number of ether oxygens (including phenoxy) is 2. The van der Waals surface area contributed by atoms with Gasteiger partial charge in [0.25, 0.3) is 11.8 Å². The van der Waals surface area contributed by atoms with Gasteiger partial charge in [-0.1, -0.05) is 6.07 Å². The average Bonchev–Trinajstić information content (AvgIpc) is 3.32. The average molecular weight is 494 g/mol. The molecule has 0 saturated carbocycles. The van der Waals surface area contributed by atoms with Crippen molar-refractivity contribution in [2.24, 2.45) is 0 Å². The molecule has 1 fully saturated rings. The van der Waals surface area contributed by atoms with E-state index >= 15 is 0 Å². The van der Waals surface area contributed by atoms with Gasteiger partial charge in [0, 0.05) is 51.6 Å². The second kappa shape index (κ2) is 11.4. The number of aromatic hydroxyl groups is 1. The molecule has 1 atom stereocenters. The number of carbonyl (C=O) groups excluding carboxylic acids is 2. The van der Waals surface area contributed by atoms with Crippen LogP contribution in [0.3, 0.4) is 0 Å². The van der Waals surface area contributed by atoms with Crippen LogP contribution in [0.5, 0.6) is 5.75 Å². The smallest absolute Gasteiger partial charge is 0.275 e. The van der Waals surface area contributed by atoms with E-state index in [-0.39, 0.29) is 24.4 Å². The van der Waals surface area contributed by atoms with Crippen molar-refractivity contribution in [3.05, 3.63) is 63.1 Å². The SMILES string of the molecule is COCCCNC1(N(C)C(=O)c2[nH]cc(C(=O)NCc3ccc(F)cc3F)c(=O)c2O)CCOC1. The van der Waals surface area contributed by atoms with Crippen LogP contribution in [0.25, 0.3) is 0 Å². The summed E-state index contributed by atoms with van der Waals surface area (Å²) in [5, 5.41) is 16.1. The molecule has 3 rings (SSSR count). The molecule has 1 saturated heterocycles. The number of benzene rings is 1. The molecule has 12 heteroatoms. The molecule has 10 nitrogen and oxygen atoms in total. The van der Waals surface area contributed by atoms with Gasteiger partial charge >= 0.3 is 0 Å². The van der Waals surface area contributed by atoms with Gasteiger partial charge in [-0.05, 0) is 19.0 Å². The number of aromatic nitrogens is 1. The van der Waals surface area contributed by atoms with Gasteiger partial charge in [-0.2, -0.15) is 0 Å². The minimum absolute atomic E-state index is 0.0101. The van der Waals surface area contributed by atoms with E-state index < -0.39 is 45.9 Å². The number of hydrogen-bond acceptors (Lipinski definition) is 7. The molecule has 1 aliphatic rings. The third-order valence-corrected chi connectivity index (χ3v) is 5.90. The molecule has 1 aromatic carbocycles. The first kappa shape index (κ1) is 26.3. The largest absolute Gasteiger partial charge is 0.503 e. The molecule has 0 radical (unpaired) electrons. The van der Waals surface area contributed by atoms with E-state index in [1.54, 1.807) is 7.11 Å². The molecule has 2 amide bonds. The maximum absolute atomic E-state index is 13.8. The van der Waals surface area contributed by atoms with Crippen molar-refractivity contribution < 1.29 is 33.0 Å². The Morgan fingerprint density at radius 1 is 1.34 bits per heavy atom. The summed E-state index contributed by atoms with van der Waals surface area (Å²) in [6.07, 6.45) is 2.20. The first-order valence-electron chi connectivity index (χ1n) is 11.0. The zero-order valence-electron chi connectivity index (χ0n) is 19.5. The first-order chi connectivity index (χ1) is 16.7. The molecule has 1 aromatic heterocycles. The Bertz CT molecular complexity index is 1130. The summed E-state index contributed by atoms with van der Waals surface area (Å²) in [4.78, 5) is 42.1. The van der Waals surface area contributed by atoms with E-state index in [0.717, 1.165) is 18.3 Å². The summed E-state index contributed by atoms with van der Waals surface area (Å²) in [6.45, 7) is 1.41. The standard InChI is InChI=1S/C23H28F2N4O6/c1-29(23(6-9-35-13-23)28-7-3-8-34-2)22(33)18-20(31)19(30)16(12-26-18)21(32)27-11-14-4-5-15(24)10-17(14)25/h4-5,10,12,28,31H,3,6-9,11,13H2,1-2H3,(H,26,30)(H,27,32). The van der Waals surface area contributed by atoms with Crippen LogP contribution in [-0.2, 0) is 16.0 Å². The fraction of sp³-hybridized carbons (Fsp3) is 0.435. The highest BCUT2D eigenvalue weighted by molar-refractivity contribution is 5.98. The van der Waals surface area contributed by atoms with Crippen LogP contribution in [0.4, 0.5) is 8.78 Å². The van der Waals surface area contributed by atoms with E-state index in [1.165, 1.54) is 11.9 Å². The molecule has 4 N–H and O–H groups in total. The number of aromatic amines is 1. The molecular weight excluding hydrogens is 466 g/mol. The third-order valence-electron chi connectivity index (χ3n) is 5.90. The molecule has 0 spiro atoms. The van der Waals surface area contributed by atoms with Crippen LogP contribution in [0.2, 0.25) is 0 Å². The minimum Gasteiger partial charge on any atom is -0.503 e. The molecule has 2 heterocycles. The lowest BCUT2D eigenvalue weighted by molar-refractivity contribution is 0.0376. The van der Waals surface area contributed by atoms with Gasteiger partial charge in [-0.3, -0.25) is 19.7 Å². The molecule has 0 aliphatic carbocycles. The van der Waals surface area contributed by atoms with Gasteiger partial charge < -0.3 is 29.8 Å². The van der Waals surface area contributed by atoms with E-state index in [2.05, 4.69) is 15.6 Å². The summed E-state index contributed by atoms with van der Waals surface area (Å²) in [6, 6.07) is 2.87. The lowest BCUT2D eigenvalue weighted by Gasteiger charge is -2.38. The number of pyridine rings is 1. The van der Waals surface area contributed by atoms with Crippen molar-refractivity contribution in [1.82, 2.24) is 20.5 Å². The summed E-state index contributed by atoms with van der Waals surface area (Å²) >= 11 is 0. The third kappa shape index (κ3) is 5.84. The lowest BCUT2D eigenvalue weighted by Crippen LogP contribution is -2.60. The van der Waals surface area contributed by atoms with Gasteiger partial charge in [0.05, 0.1) is 13.2 Å². The van der Waals surface area contributed by atoms with Gasteiger partial charge in [0.1, 0.15) is 22.9 Å². The van der Waals surface area contributed by atoms with E-state index in [4.69, 9.17) is 9.47 Å². The van der Waals surface area contributed by atoms with Gasteiger partial charge in [0.15, 0.2) is 11.4 Å². The number of carbonyl (C=O) groups is 2. The summed E-state index contributed by atoms with van der Waals surface area (Å²) in [7, 11) is 3.12. The highest BCUT2D eigenvalue weighted by atomic mass is 19.1. The number of nitrogens with one attached hydrogen (secondary N) is 3. The fourth-order valence-electron chi connectivity index (χ4n) is 3.76. The van der Waals surface area contributed by atoms with Crippen LogP contribution in [-0.4, -0.2) is 73.0 Å². The van der Waals surface area contributed by atoms with Gasteiger partial charge in [0.2, 0.25) is 5.43 Å². The number of methoxy groups -OCH3 is 1. The Balaban J connectivity index is 1.74. The van der Waals surface area contributed by atoms with Crippen LogP contribution in [0, 0.1) is 11.6 Å². The molecule has 2 aromatic rings. The van der Waals surface area contributed by atoms with Crippen molar-refractivity contribution >= 4 is 11.8 Å². The van der Waals surface area contributed by atoms with Gasteiger partial charge in [-0.15, -0.1) is 0 Å². The Labute approximate surface area is 200 Å². The van der Waals surface area contributed by atoms with Crippen molar-refractivity contribution in [1.29, 1.82) is 0 Å². The molecule has 0 bridgehead atoms. The molecule has 35 heavy (non-hydrogen) atoms. The number of amides is 2. The van der Waals surface area contributed by atoms with E-state index in [1.807, 2.05) is 0 Å². The number of hydrogen-bond donors (Lipinski definition) is 4. The first-order valence-corrected chi connectivity index (χ1v) is 11.0. The molecular formula is C23H28F2N4O6. The normalized spacial score (nSPS) is 17.4. The minimum atomic E-state index is -1.07. The predicted molar refractivity (Wildman–Crippen MR) is 121 cm³/mol. The summed E-state index contributed by atoms with van der Waals surface area (Å²) in [5.41, 5.74) is -2.76. The fourth-order valence-corrected chi connectivity index (χ4v) is 3.76. The number of H-pyrrole nitrogens is 1. The van der Waals surface area contributed by atoms with E-state index in [0.29, 0.717) is 38.7 Å². The Hall–Kier alpha value is -3.35. The van der Waals surface area contributed by atoms with Crippen molar-refractivity contribution in [2.45, 2.75) is 25.0 Å². The molecule has 190 valence electrons. The zero-order valence-corrected chi connectivity index (χ0v) is 19.5.